The maximum absolute atomic E-state index is 10.7. The molecule has 0 bridgehead atoms. The highest BCUT2D eigenvalue weighted by Crippen LogP contribution is 2.46. The largest absolute Gasteiger partial charge is 0.492 e. The Kier molecular flexibility index (Phi) is 3.99. The highest BCUT2D eigenvalue weighted by atomic mass is 16.5. The van der Waals surface area contributed by atoms with E-state index in [2.05, 4.69) is 20.4 Å². The normalized spacial score (nSPS) is 22.6. The fourth-order valence-corrected chi connectivity index (χ4v) is 3.05. The van der Waals surface area contributed by atoms with E-state index in [1.165, 1.54) is 5.57 Å². The Labute approximate surface area is 114 Å². The van der Waals surface area contributed by atoms with E-state index in [0.29, 0.717) is 0 Å². The average Bonchev–Trinajstić information content (AvgIpc) is 2.69. The van der Waals surface area contributed by atoms with Crippen molar-refractivity contribution >= 4 is 5.97 Å². The minimum atomic E-state index is -0.745. The third kappa shape index (κ3) is 2.68. The molecule has 0 atom stereocenters. The standard InChI is InChI=1S/C15H23NO3/c1-4-11(2)14-12(3)15(10-19-14)5-7-16(8-6-15)9-13(17)18/h2,4-10H2,1,3H3,(H,17,18). The monoisotopic (exact) mass is 265 g/mol. The lowest BCUT2D eigenvalue weighted by molar-refractivity contribution is -0.138. The SMILES string of the molecule is C=C(CC)C1=C(C)C2(CCN(CC(=O)O)CC2)CO1. The minimum absolute atomic E-state index is 0.114. The maximum atomic E-state index is 10.7. The fraction of sp³-hybridized carbons (Fsp3) is 0.667. The molecule has 0 radical (unpaired) electrons. The average molecular weight is 265 g/mol. The molecule has 0 aromatic carbocycles. The second kappa shape index (κ2) is 5.37. The molecule has 1 saturated heterocycles. The van der Waals surface area contributed by atoms with Gasteiger partial charge in [-0.3, -0.25) is 9.69 Å². The summed E-state index contributed by atoms with van der Waals surface area (Å²) >= 11 is 0. The van der Waals surface area contributed by atoms with Crippen molar-refractivity contribution in [2.75, 3.05) is 26.2 Å². The molecule has 4 nitrogen and oxygen atoms in total. The summed E-state index contributed by atoms with van der Waals surface area (Å²) in [6.45, 7) is 10.8. The number of allylic oxidation sites excluding steroid dienone is 1. The van der Waals surface area contributed by atoms with Gasteiger partial charge in [-0.2, -0.15) is 0 Å². The highest BCUT2D eigenvalue weighted by molar-refractivity contribution is 5.69. The van der Waals surface area contributed by atoms with E-state index in [4.69, 9.17) is 9.84 Å². The van der Waals surface area contributed by atoms with Crippen molar-refractivity contribution in [3.05, 3.63) is 23.5 Å². The van der Waals surface area contributed by atoms with E-state index in [-0.39, 0.29) is 12.0 Å². The first-order valence-electron chi connectivity index (χ1n) is 6.95. The molecule has 19 heavy (non-hydrogen) atoms. The van der Waals surface area contributed by atoms with Crippen LogP contribution in [0.2, 0.25) is 0 Å². The van der Waals surface area contributed by atoms with Gasteiger partial charge in [0.25, 0.3) is 0 Å². The third-order valence-electron chi connectivity index (χ3n) is 4.55. The predicted molar refractivity (Wildman–Crippen MR) is 73.8 cm³/mol. The van der Waals surface area contributed by atoms with Crippen LogP contribution in [0, 0.1) is 5.41 Å². The van der Waals surface area contributed by atoms with Gasteiger partial charge in [-0.05, 0) is 50.4 Å². The number of ether oxygens (including phenoxy) is 1. The molecule has 0 saturated carbocycles. The molecule has 0 aliphatic carbocycles. The Morgan fingerprint density at radius 3 is 2.63 bits per heavy atom. The number of carboxylic acid groups (broad SMARTS) is 1. The van der Waals surface area contributed by atoms with Crippen LogP contribution in [-0.4, -0.2) is 42.2 Å². The molecular formula is C15H23NO3. The van der Waals surface area contributed by atoms with Gasteiger partial charge in [0.2, 0.25) is 0 Å². The molecule has 2 aliphatic rings. The summed E-state index contributed by atoms with van der Waals surface area (Å²) in [5, 5.41) is 8.83. The van der Waals surface area contributed by atoms with E-state index in [1.807, 2.05) is 4.90 Å². The van der Waals surface area contributed by atoms with Gasteiger partial charge in [0.1, 0.15) is 5.76 Å². The van der Waals surface area contributed by atoms with Crippen molar-refractivity contribution in [2.45, 2.75) is 33.1 Å². The third-order valence-corrected chi connectivity index (χ3v) is 4.55. The molecule has 0 aromatic rings. The van der Waals surface area contributed by atoms with Crippen LogP contribution >= 0.6 is 0 Å². The van der Waals surface area contributed by atoms with E-state index in [1.54, 1.807) is 0 Å². The number of nitrogens with zero attached hydrogens (tertiary/aromatic N) is 1. The number of hydrogen-bond acceptors (Lipinski definition) is 3. The maximum Gasteiger partial charge on any atom is 0.317 e. The van der Waals surface area contributed by atoms with Crippen LogP contribution < -0.4 is 0 Å². The van der Waals surface area contributed by atoms with Gasteiger partial charge in [-0.15, -0.1) is 0 Å². The lowest BCUT2D eigenvalue weighted by atomic mass is 9.74. The van der Waals surface area contributed by atoms with Gasteiger partial charge in [-0.1, -0.05) is 13.5 Å². The molecule has 1 spiro atoms. The summed E-state index contributed by atoms with van der Waals surface area (Å²) in [5.74, 6) is 0.250. The Morgan fingerprint density at radius 1 is 1.47 bits per heavy atom. The van der Waals surface area contributed by atoms with Crippen molar-refractivity contribution in [1.82, 2.24) is 4.90 Å². The van der Waals surface area contributed by atoms with Crippen LogP contribution in [0.3, 0.4) is 0 Å². The van der Waals surface area contributed by atoms with Crippen molar-refractivity contribution in [2.24, 2.45) is 5.41 Å². The topological polar surface area (TPSA) is 49.8 Å². The van der Waals surface area contributed by atoms with Crippen LogP contribution in [0.25, 0.3) is 0 Å². The van der Waals surface area contributed by atoms with Crippen molar-refractivity contribution in [1.29, 1.82) is 0 Å². The molecule has 2 rings (SSSR count). The number of carboxylic acids is 1. The highest BCUT2D eigenvalue weighted by Gasteiger charge is 2.43. The molecule has 1 N–H and O–H groups in total. The van der Waals surface area contributed by atoms with Crippen LogP contribution in [0.1, 0.15) is 33.1 Å². The van der Waals surface area contributed by atoms with E-state index in [0.717, 1.165) is 50.3 Å². The summed E-state index contributed by atoms with van der Waals surface area (Å²) in [6.07, 6.45) is 2.87. The van der Waals surface area contributed by atoms with Crippen molar-refractivity contribution < 1.29 is 14.6 Å². The molecular weight excluding hydrogens is 242 g/mol. The fourth-order valence-electron chi connectivity index (χ4n) is 3.05. The summed E-state index contributed by atoms with van der Waals surface area (Å²) in [7, 11) is 0. The lowest BCUT2D eigenvalue weighted by Gasteiger charge is -2.38. The first-order valence-corrected chi connectivity index (χ1v) is 6.95. The van der Waals surface area contributed by atoms with Crippen molar-refractivity contribution in [3.8, 4) is 0 Å². The number of carbonyl (C=O) groups is 1. The minimum Gasteiger partial charge on any atom is -0.492 e. The quantitative estimate of drug-likeness (QED) is 0.848. The molecule has 0 amide bonds. The summed E-state index contributed by atoms with van der Waals surface area (Å²) < 4.78 is 5.87. The smallest absolute Gasteiger partial charge is 0.317 e. The van der Waals surface area contributed by atoms with Gasteiger partial charge >= 0.3 is 5.97 Å². The zero-order chi connectivity index (χ0) is 14.0. The molecule has 2 heterocycles. The van der Waals surface area contributed by atoms with E-state index < -0.39 is 5.97 Å². The molecule has 1 fully saturated rings. The Bertz CT molecular complexity index is 417. The summed E-state index contributed by atoms with van der Waals surface area (Å²) in [4.78, 5) is 12.7. The van der Waals surface area contributed by atoms with Crippen LogP contribution in [-0.2, 0) is 9.53 Å². The number of hydrogen-bond donors (Lipinski definition) is 1. The summed E-state index contributed by atoms with van der Waals surface area (Å²) in [5.41, 5.74) is 2.50. The van der Waals surface area contributed by atoms with Crippen LogP contribution in [0.15, 0.2) is 23.5 Å². The number of likely N-dealkylation sites (tertiary alicyclic amines) is 1. The Hall–Kier alpha value is -1.29. The van der Waals surface area contributed by atoms with Gasteiger partial charge in [0.05, 0.1) is 13.2 Å². The second-order valence-corrected chi connectivity index (χ2v) is 5.65. The van der Waals surface area contributed by atoms with Crippen LogP contribution in [0.4, 0.5) is 0 Å². The molecule has 4 heteroatoms. The second-order valence-electron chi connectivity index (χ2n) is 5.65. The van der Waals surface area contributed by atoms with E-state index in [9.17, 15) is 4.79 Å². The Morgan fingerprint density at radius 2 is 2.11 bits per heavy atom. The zero-order valence-corrected chi connectivity index (χ0v) is 11.9. The Balaban J connectivity index is 2.05. The summed E-state index contributed by atoms with van der Waals surface area (Å²) in [6, 6.07) is 0. The first-order chi connectivity index (χ1) is 8.98. The molecule has 2 aliphatic heterocycles. The van der Waals surface area contributed by atoms with Crippen LogP contribution in [0.5, 0.6) is 0 Å². The lowest BCUT2D eigenvalue weighted by Crippen LogP contribution is -2.43. The number of piperidine rings is 1. The van der Waals surface area contributed by atoms with E-state index >= 15 is 0 Å². The van der Waals surface area contributed by atoms with Crippen molar-refractivity contribution in [3.63, 3.8) is 0 Å². The number of aliphatic carboxylic acids is 1. The molecule has 106 valence electrons. The zero-order valence-electron chi connectivity index (χ0n) is 11.9. The predicted octanol–water partition coefficient (Wildman–Crippen LogP) is 2.42. The first kappa shape index (κ1) is 14.1. The van der Waals surface area contributed by atoms with Gasteiger partial charge in [0.15, 0.2) is 0 Å². The van der Waals surface area contributed by atoms with Gasteiger partial charge in [0, 0.05) is 5.41 Å². The molecule has 0 aromatic heterocycles. The van der Waals surface area contributed by atoms with Gasteiger partial charge in [-0.25, -0.2) is 0 Å². The number of rotatable bonds is 4. The molecule has 0 unspecified atom stereocenters. The van der Waals surface area contributed by atoms with Gasteiger partial charge < -0.3 is 9.84 Å².